The predicted molar refractivity (Wildman–Crippen MR) is 74.4 cm³/mol. The zero-order chi connectivity index (χ0) is 19.4. The Hall–Kier alpha value is -1.59. The van der Waals surface area contributed by atoms with Crippen LogP contribution in [0.15, 0.2) is 0 Å². The van der Waals surface area contributed by atoms with Gasteiger partial charge in [-0.2, -0.15) is 0 Å². The smallest absolute Gasteiger partial charge is 0.462 e. The highest BCUT2D eigenvalue weighted by atomic mass is 31.2. The van der Waals surface area contributed by atoms with Crippen LogP contribution >= 0.6 is 7.82 Å². The summed E-state index contributed by atoms with van der Waals surface area (Å²) in [6.45, 7) is 2.50. The van der Waals surface area contributed by atoms with Gasteiger partial charge in [0.05, 0.1) is 0 Å². The predicted octanol–water partition coefficient (Wildman–Crippen LogP) is -0.415. The van der Waals surface area contributed by atoms with Crippen molar-refractivity contribution in [3.63, 3.8) is 0 Å². The van der Waals surface area contributed by atoms with Gasteiger partial charge in [-0.05, 0) is 0 Å². The van der Waals surface area contributed by atoms with Gasteiger partial charge in [-0.15, -0.1) is 0 Å². The summed E-state index contributed by atoms with van der Waals surface area (Å²) in [6, 6.07) is 0. The van der Waals surface area contributed by atoms with Gasteiger partial charge in [0.1, 0.15) is 12.7 Å². The molecule has 5 atom stereocenters. The number of rotatable bonds is 7. The molecule has 0 bridgehead atoms. The molecule has 0 amide bonds. The molecule has 11 nitrogen and oxygen atoms in total. The van der Waals surface area contributed by atoms with Gasteiger partial charge in [0.25, 0.3) is 0 Å². The van der Waals surface area contributed by atoms with Crippen LogP contribution < -0.4 is 0 Å². The first-order valence-electron chi connectivity index (χ1n) is 6.92. The molecule has 1 aliphatic heterocycles. The second kappa shape index (κ2) is 8.68. The molecule has 0 unspecified atom stereocenters. The summed E-state index contributed by atoms with van der Waals surface area (Å²) in [4.78, 5) is 50.9. The zero-order valence-electron chi connectivity index (χ0n) is 13.5. The molecule has 1 heterocycles. The summed E-state index contributed by atoms with van der Waals surface area (Å²) in [5, 5.41) is 0. The van der Waals surface area contributed by atoms with Crippen LogP contribution in [-0.2, 0) is 42.4 Å². The van der Waals surface area contributed by atoms with E-state index >= 15 is 0 Å². The van der Waals surface area contributed by atoms with E-state index in [4.69, 9.17) is 24.0 Å². The lowest BCUT2D eigenvalue weighted by atomic mass is 10.1. The third kappa shape index (κ3) is 7.04. The highest BCUT2D eigenvalue weighted by Crippen LogP contribution is 2.43. The van der Waals surface area contributed by atoms with E-state index in [9.17, 15) is 23.3 Å². The molecular formula is C12H18FO11P. The van der Waals surface area contributed by atoms with E-state index in [1.54, 1.807) is 0 Å². The topological polar surface area (TPSA) is 155 Å². The minimum absolute atomic E-state index is 0.563. The first kappa shape index (κ1) is 21.5. The molecule has 144 valence electrons. The van der Waals surface area contributed by atoms with Gasteiger partial charge in [-0.25, -0.2) is 8.96 Å². The monoisotopic (exact) mass is 388 g/mol. The van der Waals surface area contributed by atoms with E-state index in [-0.39, 0.29) is 0 Å². The number of hydrogen-bond acceptors (Lipinski definition) is 9. The van der Waals surface area contributed by atoms with Gasteiger partial charge in [-0.1, -0.05) is 0 Å². The van der Waals surface area contributed by atoms with Crippen LogP contribution in [0.4, 0.5) is 4.39 Å². The lowest BCUT2D eigenvalue weighted by Gasteiger charge is -2.26. The second-order valence-electron chi connectivity index (χ2n) is 5.03. The molecule has 0 radical (unpaired) electrons. The van der Waals surface area contributed by atoms with Gasteiger partial charge >= 0.3 is 25.7 Å². The average Bonchev–Trinajstić information content (AvgIpc) is 2.69. The number of carbonyl (C=O) groups excluding carboxylic acids is 3. The van der Waals surface area contributed by atoms with E-state index in [1.165, 1.54) is 0 Å². The third-order valence-corrected chi connectivity index (χ3v) is 3.35. The fourth-order valence-corrected chi connectivity index (χ4v) is 2.53. The van der Waals surface area contributed by atoms with Crippen molar-refractivity contribution in [1.29, 1.82) is 0 Å². The highest BCUT2D eigenvalue weighted by molar-refractivity contribution is 7.46. The molecule has 0 aromatic heterocycles. The van der Waals surface area contributed by atoms with Crippen molar-refractivity contribution in [3.05, 3.63) is 0 Å². The molecule has 25 heavy (non-hydrogen) atoms. The summed E-state index contributed by atoms with van der Waals surface area (Å²) < 4.78 is 48.8. The van der Waals surface area contributed by atoms with Gasteiger partial charge in [-0.3, -0.25) is 18.9 Å². The fourth-order valence-electron chi connectivity index (χ4n) is 2.09. The van der Waals surface area contributed by atoms with E-state index in [0.717, 1.165) is 20.8 Å². The largest absolute Gasteiger partial charge is 0.472 e. The van der Waals surface area contributed by atoms with E-state index in [0.29, 0.717) is 0 Å². The molecule has 1 fully saturated rings. The molecule has 1 saturated heterocycles. The first-order valence-corrected chi connectivity index (χ1v) is 8.45. The van der Waals surface area contributed by atoms with Crippen LogP contribution in [-0.4, -0.2) is 65.1 Å². The Morgan fingerprint density at radius 2 is 1.76 bits per heavy atom. The molecule has 2 N–H and O–H groups in total. The van der Waals surface area contributed by atoms with Crippen molar-refractivity contribution >= 4 is 25.7 Å². The molecule has 1 aliphatic rings. The van der Waals surface area contributed by atoms with E-state index < -0.39 is 63.1 Å². The Kier molecular flexibility index (Phi) is 7.44. The number of phosphoric acid groups is 1. The fraction of sp³-hybridized carbons (Fsp3) is 0.750. The van der Waals surface area contributed by atoms with E-state index in [2.05, 4.69) is 9.26 Å². The number of phosphoric ester groups is 1. The Bertz CT molecular complexity index is 561. The molecular weight excluding hydrogens is 370 g/mol. The molecule has 0 aromatic carbocycles. The van der Waals surface area contributed by atoms with Gasteiger partial charge in [0, 0.05) is 20.8 Å². The quantitative estimate of drug-likeness (QED) is 0.332. The molecule has 1 rings (SSSR count). The maximum absolute atomic E-state index is 14.4. The summed E-state index contributed by atoms with van der Waals surface area (Å²) in [5.41, 5.74) is 0. The summed E-state index contributed by atoms with van der Waals surface area (Å²) in [7, 11) is -5.13. The molecule has 0 aliphatic carbocycles. The van der Waals surface area contributed by atoms with Crippen LogP contribution in [0, 0.1) is 0 Å². The number of hydrogen-bond donors (Lipinski definition) is 2. The highest BCUT2D eigenvalue weighted by Gasteiger charge is 2.54. The second-order valence-corrected chi connectivity index (χ2v) is 6.23. The first-order chi connectivity index (χ1) is 11.4. The van der Waals surface area contributed by atoms with Crippen LogP contribution in [0.2, 0.25) is 0 Å². The molecule has 0 saturated carbocycles. The Balaban J connectivity index is 3.05. The Labute approximate surface area is 141 Å². The van der Waals surface area contributed by atoms with Crippen LogP contribution in [0.25, 0.3) is 0 Å². The lowest BCUT2D eigenvalue weighted by Crippen LogP contribution is -2.44. The maximum Gasteiger partial charge on any atom is 0.472 e. The maximum atomic E-state index is 14.4. The summed E-state index contributed by atoms with van der Waals surface area (Å²) in [6.07, 6.45) is -9.04. The van der Waals surface area contributed by atoms with Crippen LogP contribution in [0.5, 0.6) is 0 Å². The van der Waals surface area contributed by atoms with Crippen LogP contribution in [0.3, 0.4) is 0 Å². The van der Waals surface area contributed by atoms with Crippen molar-refractivity contribution in [2.45, 2.75) is 51.5 Å². The van der Waals surface area contributed by atoms with Crippen molar-refractivity contribution in [2.75, 3.05) is 6.61 Å². The van der Waals surface area contributed by atoms with Crippen molar-refractivity contribution < 1.29 is 56.6 Å². The summed E-state index contributed by atoms with van der Waals surface area (Å²) >= 11 is 0. The van der Waals surface area contributed by atoms with Crippen molar-refractivity contribution in [1.82, 2.24) is 0 Å². The van der Waals surface area contributed by atoms with Gasteiger partial charge in [0.15, 0.2) is 18.4 Å². The Morgan fingerprint density at radius 3 is 2.20 bits per heavy atom. The minimum atomic E-state index is -5.13. The number of carbonyl (C=O) groups is 3. The van der Waals surface area contributed by atoms with Crippen LogP contribution in [0.1, 0.15) is 20.8 Å². The van der Waals surface area contributed by atoms with E-state index in [1.807, 2.05) is 0 Å². The number of esters is 3. The lowest BCUT2D eigenvalue weighted by molar-refractivity contribution is -0.181. The zero-order valence-corrected chi connectivity index (χ0v) is 14.4. The Morgan fingerprint density at radius 1 is 1.16 bits per heavy atom. The molecule has 13 heteroatoms. The summed E-state index contributed by atoms with van der Waals surface area (Å²) in [5.74, 6) is -2.50. The normalized spacial score (nSPS) is 27.4. The standard InChI is InChI=1S/C12H18FO11P/c1-5(14)20-4-8(21-6(2)15)10-11(22-7(3)16)9(13)12(23-10)24-25(17,18)19/h8-12H,4H2,1-3H3,(H2,17,18,19)/t8-,9-,10+,11-,12-/m1/s1. The molecule has 0 aromatic rings. The SMILES string of the molecule is CC(=O)OC[C@@H](OC(C)=O)[C@@H]1O[C@H](OP(=O)(O)O)[C@H](F)[C@H]1OC(C)=O. The average molecular weight is 388 g/mol. The number of ether oxygens (including phenoxy) is 4. The van der Waals surface area contributed by atoms with Crippen molar-refractivity contribution in [3.8, 4) is 0 Å². The minimum Gasteiger partial charge on any atom is -0.462 e. The third-order valence-electron chi connectivity index (χ3n) is 2.87. The number of alkyl halides is 1. The number of halogens is 1. The van der Waals surface area contributed by atoms with Gasteiger partial charge in [0.2, 0.25) is 6.29 Å². The molecule has 0 spiro atoms. The van der Waals surface area contributed by atoms with Crippen molar-refractivity contribution in [2.24, 2.45) is 0 Å². The van der Waals surface area contributed by atoms with Gasteiger partial charge < -0.3 is 28.7 Å².